The van der Waals surface area contributed by atoms with E-state index >= 15 is 0 Å². The van der Waals surface area contributed by atoms with Gasteiger partial charge in [-0.05, 0) is 63.3 Å². The smallest absolute Gasteiger partial charge is 0.410 e. The first-order valence-electron chi connectivity index (χ1n) is 13.7. The topological polar surface area (TPSA) is 100 Å². The maximum Gasteiger partial charge on any atom is 0.410 e. The van der Waals surface area contributed by atoms with Crippen LogP contribution in [0.25, 0.3) is 0 Å². The van der Waals surface area contributed by atoms with Crippen molar-refractivity contribution in [2.24, 2.45) is 0 Å². The molecule has 2 aromatic carbocycles. The summed E-state index contributed by atoms with van der Waals surface area (Å²) in [6.45, 7) is 7.09. The zero-order valence-corrected chi connectivity index (χ0v) is 25.8. The highest BCUT2D eigenvalue weighted by molar-refractivity contribution is 6.40. The van der Waals surface area contributed by atoms with Crippen LogP contribution in [0.4, 0.5) is 27.9 Å². The maximum absolute atomic E-state index is 13.4. The summed E-state index contributed by atoms with van der Waals surface area (Å²) in [7, 11) is 3.48. The van der Waals surface area contributed by atoms with E-state index in [4.69, 9.17) is 32.7 Å². The number of likely N-dealkylation sites (tertiary alicyclic amines) is 1. The Morgan fingerprint density at radius 1 is 1.10 bits per heavy atom. The highest BCUT2D eigenvalue weighted by Crippen LogP contribution is 2.39. The summed E-state index contributed by atoms with van der Waals surface area (Å²) in [5.41, 5.74) is 2.11. The summed E-state index contributed by atoms with van der Waals surface area (Å²) >= 11 is 12.7. The van der Waals surface area contributed by atoms with Crippen LogP contribution in [0.5, 0.6) is 5.75 Å². The van der Waals surface area contributed by atoms with E-state index in [-0.39, 0.29) is 24.6 Å². The first kappa shape index (κ1) is 29.7. The molecule has 0 bridgehead atoms. The van der Waals surface area contributed by atoms with Gasteiger partial charge in [0.05, 0.1) is 29.5 Å². The van der Waals surface area contributed by atoms with Gasteiger partial charge in [0.1, 0.15) is 22.7 Å². The van der Waals surface area contributed by atoms with Gasteiger partial charge in [-0.1, -0.05) is 35.3 Å². The number of methoxy groups -OCH3 is 1. The zero-order valence-electron chi connectivity index (χ0n) is 24.3. The third kappa shape index (κ3) is 6.19. The van der Waals surface area contributed by atoms with Crippen LogP contribution in [-0.4, -0.2) is 66.4 Å². The summed E-state index contributed by atoms with van der Waals surface area (Å²) in [4.78, 5) is 40.0. The van der Waals surface area contributed by atoms with Crippen LogP contribution in [0.1, 0.15) is 55.5 Å². The van der Waals surface area contributed by atoms with Crippen molar-refractivity contribution < 1.29 is 19.1 Å². The summed E-state index contributed by atoms with van der Waals surface area (Å²) in [6, 6.07) is 11.0. The van der Waals surface area contributed by atoms with E-state index < -0.39 is 5.60 Å². The van der Waals surface area contributed by atoms with Gasteiger partial charge in [-0.2, -0.15) is 4.98 Å². The predicted molar refractivity (Wildman–Crippen MR) is 165 cm³/mol. The van der Waals surface area contributed by atoms with Crippen molar-refractivity contribution >= 4 is 58.3 Å². The summed E-state index contributed by atoms with van der Waals surface area (Å²) < 4.78 is 11.3. The van der Waals surface area contributed by atoms with Gasteiger partial charge in [0.15, 0.2) is 0 Å². The van der Waals surface area contributed by atoms with Gasteiger partial charge >= 0.3 is 6.09 Å². The lowest BCUT2D eigenvalue weighted by atomic mass is 9.88. The Kier molecular flexibility index (Phi) is 8.39. The van der Waals surface area contributed by atoms with Gasteiger partial charge < -0.3 is 24.6 Å². The minimum atomic E-state index is -0.516. The molecule has 1 aromatic heterocycles. The first-order chi connectivity index (χ1) is 19.9. The Labute approximate surface area is 255 Å². The van der Waals surface area contributed by atoms with Gasteiger partial charge in [0.2, 0.25) is 5.95 Å². The number of hydrogen-bond donors (Lipinski definition) is 1. The van der Waals surface area contributed by atoms with E-state index in [1.807, 2.05) is 50.9 Å². The van der Waals surface area contributed by atoms with Crippen molar-refractivity contribution in [3.8, 4) is 5.75 Å². The van der Waals surface area contributed by atoms with Crippen LogP contribution in [0.15, 0.2) is 42.6 Å². The fourth-order valence-corrected chi connectivity index (χ4v) is 5.84. The third-order valence-corrected chi connectivity index (χ3v) is 7.85. The largest absolute Gasteiger partial charge is 0.496 e. The molecule has 0 atom stereocenters. The van der Waals surface area contributed by atoms with Crippen molar-refractivity contribution in [3.05, 3.63) is 63.8 Å². The summed E-state index contributed by atoms with van der Waals surface area (Å²) in [5.74, 6) is 1.55. The van der Waals surface area contributed by atoms with E-state index in [1.165, 1.54) is 11.1 Å². The highest BCUT2D eigenvalue weighted by Gasteiger charge is 2.33. The molecule has 3 aromatic rings. The maximum atomic E-state index is 13.4. The molecule has 0 radical (unpaired) electrons. The number of rotatable bonds is 5. The molecule has 1 N–H and O–H groups in total. The number of carbonyl (C=O) groups excluding carboxylic acids is 2. The van der Waals surface area contributed by atoms with E-state index in [9.17, 15) is 9.59 Å². The fourth-order valence-electron chi connectivity index (χ4n) is 5.24. The molecule has 5 rings (SSSR count). The number of ether oxygens (including phenoxy) is 2. The van der Waals surface area contributed by atoms with E-state index in [1.54, 1.807) is 30.2 Å². The lowest BCUT2D eigenvalue weighted by Gasteiger charge is -2.35. The zero-order chi connectivity index (χ0) is 30.2. The highest BCUT2D eigenvalue weighted by atomic mass is 35.5. The number of fused-ring (bicyclic) bond motifs is 1. The van der Waals surface area contributed by atoms with Crippen molar-refractivity contribution in [3.63, 3.8) is 0 Å². The molecular weight excluding hydrogens is 579 g/mol. The monoisotopic (exact) mass is 612 g/mol. The Morgan fingerprint density at radius 2 is 1.79 bits per heavy atom. The molecule has 2 amide bonds. The number of anilines is 4. The molecule has 0 unspecified atom stereocenters. The number of para-hydroxylation sites is 1. The number of amides is 2. The minimum absolute atomic E-state index is 0.223. The molecule has 2 aliphatic rings. The van der Waals surface area contributed by atoms with Gasteiger partial charge in [-0.25, -0.2) is 9.78 Å². The van der Waals surface area contributed by atoms with Crippen LogP contribution in [-0.2, 0) is 4.74 Å². The number of nitrogens with zero attached hydrogens (tertiary/aromatic N) is 5. The van der Waals surface area contributed by atoms with Gasteiger partial charge in [-0.3, -0.25) is 9.69 Å². The van der Waals surface area contributed by atoms with E-state index in [2.05, 4.69) is 15.3 Å². The molecule has 42 heavy (non-hydrogen) atoms. The Balaban J connectivity index is 1.29. The van der Waals surface area contributed by atoms with Crippen LogP contribution >= 0.6 is 23.2 Å². The Morgan fingerprint density at radius 3 is 2.43 bits per heavy atom. The van der Waals surface area contributed by atoms with Crippen molar-refractivity contribution in [2.75, 3.05) is 49.0 Å². The van der Waals surface area contributed by atoms with E-state index in [0.29, 0.717) is 46.2 Å². The van der Waals surface area contributed by atoms with Crippen molar-refractivity contribution in [1.29, 1.82) is 0 Å². The molecule has 1 saturated heterocycles. The molecule has 0 aliphatic carbocycles. The van der Waals surface area contributed by atoms with Crippen LogP contribution in [0.2, 0.25) is 10.0 Å². The molecule has 10 nitrogen and oxygen atoms in total. The SMILES string of the molecule is COc1cc(Nc2ncc3c(n2)N(C)CN(c2c(Cl)cccc2Cl)C3=O)ccc1C1CCN(C(=O)OC(C)(C)C)CC1. The molecule has 0 spiro atoms. The van der Waals surface area contributed by atoms with Crippen molar-refractivity contribution in [1.82, 2.24) is 14.9 Å². The first-order valence-corrected chi connectivity index (χ1v) is 14.5. The van der Waals surface area contributed by atoms with E-state index in [0.717, 1.165) is 29.8 Å². The lowest BCUT2D eigenvalue weighted by Crippen LogP contribution is -2.46. The Bertz CT molecular complexity index is 1480. The molecule has 12 heteroatoms. The van der Waals surface area contributed by atoms with Crippen molar-refractivity contribution in [2.45, 2.75) is 45.1 Å². The number of benzene rings is 2. The number of nitrogens with one attached hydrogen (secondary N) is 1. The second-order valence-electron chi connectivity index (χ2n) is 11.4. The number of carbonyl (C=O) groups is 2. The second kappa shape index (κ2) is 11.9. The minimum Gasteiger partial charge on any atom is -0.496 e. The lowest BCUT2D eigenvalue weighted by molar-refractivity contribution is 0.0204. The third-order valence-electron chi connectivity index (χ3n) is 7.24. The molecule has 0 saturated carbocycles. The molecule has 1 fully saturated rings. The van der Waals surface area contributed by atoms with Gasteiger partial charge in [0.25, 0.3) is 5.91 Å². The van der Waals surface area contributed by atoms with Crippen LogP contribution in [0.3, 0.4) is 0 Å². The van der Waals surface area contributed by atoms with Crippen LogP contribution < -0.4 is 19.9 Å². The number of piperidine rings is 1. The quantitative estimate of drug-likeness (QED) is 0.339. The normalized spacial score (nSPS) is 15.9. The molecule has 222 valence electrons. The average molecular weight is 614 g/mol. The number of hydrogen-bond acceptors (Lipinski definition) is 8. The van der Waals surface area contributed by atoms with Crippen LogP contribution in [0, 0.1) is 0 Å². The summed E-state index contributed by atoms with van der Waals surface area (Å²) in [5, 5.41) is 4.01. The number of aromatic nitrogens is 2. The van der Waals surface area contributed by atoms with Gasteiger partial charge in [-0.15, -0.1) is 0 Å². The fraction of sp³-hybridized carbons (Fsp3) is 0.400. The van der Waals surface area contributed by atoms with Gasteiger partial charge in [0, 0.05) is 38.1 Å². The molecular formula is C30H34Cl2N6O4. The Hall–Kier alpha value is -3.76. The number of halogens is 2. The molecule has 2 aliphatic heterocycles. The predicted octanol–water partition coefficient (Wildman–Crippen LogP) is 6.70. The standard InChI is InChI=1S/C30H34Cl2N6O4/c1-30(2,3)42-29(40)37-13-11-18(12-14-37)20-10-9-19(15-24(20)41-5)34-28-33-16-21-26(35-28)36(4)17-38(27(21)39)25-22(31)7-6-8-23(25)32/h6-10,15-16,18H,11-14,17H2,1-5H3,(H,33,34,35). The molecule has 3 heterocycles. The second-order valence-corrected chi connectivity index (χ2v) is 12.2. The summed E-state index contributed by atoms with van der Waals surface area (Å²) in [6.07, 6.45) is 2.86. The average Bonchev–Trinajstić information content (AvgIpc) is 2.94.